The first-order chi connectivity index (χ1) is 12.1. The standard InChI is InChI=1S/C16H15BrF2N2O4S/c1-21(9-16(22)20-13-5-3-10(17)7-12(13)19)26(23,24)15-8-11(18)4-6-14(15)25-2/h3-8H,9H2,1-2H3,(H,20,22). The number of rotatable bonds is 6. The minimum atomic E-state index is -4.20. The largest absolute Gasteiger partial charge is 0.495 e. The second-order valence-corrected chi connectivity index (χ2v) is 8.16. The van der Waals surface area contributed by atoms with Crippen molar-refractivity contribution in [2.75, 3.05) is 26.0 Å². The summed E-state index contributed by atoms with van der Waals surface area (Å²) < 4.78 is 58.5. The molecule has 0 aliphatic carbocycles. The molecule has 1 N–H and O–H groups in total. The molecular formula is C16H15BrF2N2O4S. The molecule has 26 heavy (non-hydrogen) atoms. The molecule has 0 aliphatic rings. The number of hydrogen-bond donors (Lipinski definition) is 1. The number of ether oxygens (including phenoxy) is 1. The van der Waals surface area contributed by atoms with E-state index in [0.717, 1.165) is 29.6 Å². The van der Waals surface area contributed by atoms with E-state index in [1.54, 1.807) is 0 Å². The van der Waals surface area contributed by atoms with Crippen molar-refractivity contribution < 1.29 is 26.7 Å². The topological polar surface area (TPSA) is 75.7 Å². The normalized spacial score (nSPS) is 11.5. The van der Waals surface area contributed by atoms with Gasteiger partial charge in [-0.1, -0.05) is 15.9 Å². The van der Waals surface area contributed by atoms with Crippen LogP contribution in [0.4, 0.5) is 14.5 Å². The second-order valence-electron chi connectivity index (χ2n) is 5.23. The fourth-order valence-corrected chi connectivity index (χ4v) is 3.71. The van der Waals surface area contributed by atoms with Gasteiger partial charge in [0, 0.05) is 11.5 Å². The minimum Gasteiger partial charge on any atom is -0.495 e. The average molecular weight is 449 g/mol. The van der Waals surface area contributed by atoms with Crippen LogP contribution in [0.3, 0.4) is 0 Å². The van der Waals surface area contributed by atoms with Gasteiger partial charge in [-0.3, -0.25) is 4.79 Å². The van der Waals surface area contributed by atoms with Gasteiger partial charge in [-0.05, 0) is 36.4 Å². The second kappa shape index (κ2) is 8.11. The molecule has 0 saturated carbocycles. The Labute approximate surface area is 157 Å². The smallest absolute Gasteiger partial charge is 0.247 e. The van der Waals surface area contributed by atoms with Crippen LogP contribution in [-0.4, -0.2) is 39.3 Å². The molecule has 0 radical (unpaired) electrons. The number of anilines is 1. The maximum absolute atomic E-state index is 13.8. The van der Waals surface area contributed by atoms with Crippen LogP contribution in [-0.2, 0) is 14.8 Å². The molecule has 2 aromatic rings. The van der Waals surface area contributed by atoms with Gasteiger partial charge in [0.05, 0.1) is 19.3 Å². The highest BCUT2D eigenvalue weighted by atomic mass is 79.9. The maximum Gasteiger partial charge on any atom is 0.247 e. The lowest BCUT2D eigenvalue weighted by Gasteiger charge is -2.18. The molecule has 0 saturated heterocycles. The lowest BCUT2D eigenvalue weighted by atomic mass is 10.3. The summed E-state index contributed by atoms with van der Waals surface area (Å²) in [5, 5.41) is 2.29. The van der Waals surface area contributed by atoms with E-state index in [9.17, 15) is 22.0 Å². The van der Waals surface area contributed by atoms with Crippen molar-refractivity contribution in [3.63, 3.8) is 0 Å². The Balaban J connectivity index is 2.19. The van der Waals surface area contributed by atoms with Crippen molar-refractivity contribution in [2.24, 2.45) is 0 Å². The summed E-state index contributed by atoms with van der Waals surface area (Å²) in [5.74, 6) is -2.26. The Kier molecular flexibility index (Phi) is 6.32. The Bertz CT molecular complexity index is 938. The van der Waals surface area contributed by atoms with Gasteiger partial charge in [0.25, 0.3) is 0 Å². The monoisotopic (exact) mass is 448 g/mol. The third-order valence-electron chi connectivity index (χ3n) is 3.39. The van der Waals surface area contributed by atoms with E-state index in [-0.39, 0.29) is 11.4 Å². The van der Waals surface area contributed by atoms with E-state index in [2.05, 4.69) is 21.2 Å². The predicted molar refractivity (Wildman–Crippen MR) is 95.5 cm³/mol. The number of carbonyl (C=O) groups is 1. The highest BCUT2D eigenvalue weighted by Crippen LogP contribution is 2.27. The third-order valence-corrected chi connectivity index (χ3v) is 5.70. The zero-order valence-corrected chi connectivity index (χ0v) is 16.2. The minimum absolute atomic E-state index is 0.0578. The van der Waals surface area contributed by atoms with Gasteiger partial charge >= 0.3 is 0 Å². The first-order valence-corrected chi connectivity index (χ1v) is 9.43. The number of amides is 1. The lowest BCUT2D eigenvalue weighted by Crippen LogP contribution is -2.35. The predicted octanol–water partition coefficient (Wildman–Crippen LogP) is 3.00. The van der Waals surface area contributed by atoms with E-state index in [0.29, 0.717) is 4.47 Å². The van der Waals surface area contributed by atoms with Crippen molar-refractivity contribution in [2.45, 2.75) is 4.90 Å². The summed E-state index contributed by atoms with van der Waals surface area (Å²) in [7, 11) is -1.81. The highest BCUT2D eigenvalue weighted by molar-refractivity contribution is 9.10. The summed E-state index contributed by atoms with van der Waals surface area (Å²) in [6.45, 7) is -0.600. The fourth-order valence-electron chi connectivity index (χ4n) is 2.09. The molecule has 0 atom stereocenters. The summed E-state index contributed by atoms with van der Waals surface area (Å²) in [6.07, 6.45) is 0. The fraction of sp³-hybridized carbons (Fsp3) is 0.188. The highest BCUT2D eigenvalue weighted by Gasteiger charge is 2.27. The Morgan fingerprint density at radius 1 is 1.23 bits per heavy atom. The van der Waals surface area contributed by atoms with Crippen LogP contribution < -0.4 is 10.1 Å². The molecule has 140 valence electrons. The van der Waals surface area contributed by atoms with Crippen molar-refractivity contribution in [3.8, 4) is 5.75 Å². The molecule has 0 aliphatic heterocycles. The van der Waals surface area contributed by atoms with Crippen molar-refractivity contribution in [1.82, 2.24) is 4.31 Å². The number of benzene rings is 2. The Morgan fingerprint density at radius 3 is 2.54 bits per heavy atom. The molecule has 0 spiro atoms. The molecular weight excluding hydrogens is 434 g/mol. The number of nitrogens with zero attached hydrogens (tertiary/aromatic N) is 1. The van der Waals surface area contributed by atoms with E-state index in [1.807, 2.05) is 0 Å². The molecule has 10 heteroatoms. The van der Waals surface area contributed by atoms with Crippen LogP contribution in [0.25, 0.3) is 0 Å². The van der Waals surface area contributed by atoms with Crippen LogP contribution in [0.2, 0.25) is 0 Å². The number of sulfonamides is 1. The van der Waals surface area contributed by atoms with E-state index >= 15 is 0 Å². The van der Waals surface area contributed by atoms with Crippen LogP contribution >= 0.6 is 15.9 Å². The number of methoxy groups -OCH3 is 1. The van der Waals surface area contributed by atoms with Gasteiger partial charge in [-0.15, -0.1) is 0 Å². The van der Waals surface area contributed by atoms with E-state index in [1.165, 1.54) is 25.3 Å². The number of halogens is 3. The first kappa shape index (κ1) is 20.3. The van der Waals surface area contributed by atoms with E-state index in [4.69, 9.17) is 4.74 Å². The Hall–Kier alpha value is -2.04. The molecule has 0 heterocycles. The maximum atomic E-state index is 13.8. The van der Waals surface area contributed by atoms with Crippen LogP contribution in [0.5, 0.6) is 5.75 Å². The van der Waals surface area contributed by atoms with Crippen molar-refractivity contribution in [1.29, 1.82) is 0 Å². The third kappa shape index (κ3) is 4.57. The van der Waals surface area contributed by atoms with E-state index < -0.39 is 39.0 Å². The van der Waals surface area contributed by atoms with Crippen LogP contribution in [0.15, 0.2) is 45.8 Å². The summed E-state index contributed by atoms with van der Waals surface area (Å²) >= 11 is 3.09. The number of nitrogens with one attached hydrogen (secondary N) is 1. The van der Waals surface area contributed by atoms with Gasteiger partial charge < -0.3 is 10.1 Å². The van der Waals surface area contributed by atoms with Crippen molar-refractivity contribution >= 4 is 37.5 Å². The molecule has 0 bridgehead atoms. The average Bonchev–Trinajstić information content (AvgIpc) is 2.57. The first-order valence-electron chi connectivity index (χ1n) is 7.20. The van der Waals surface area contributed by atoms with Gasteiger partial charge in [0.1, 0.15) is 22.3 Å². The van der Waals surface area contributed by atoms with Gasteiger partial charge in [0.2, 0.25) is 15.9 Å². The SMILES string of the molecule is COc1ccc(F)cc1S(=O)(=O)N(C)CC(=O)Nc1ccc(Br)cc1F. The molecule has 6 nitrogen and oxygen atoms in total. The molecule has 0 aromatic heterocycles. The number of carbonyl (C=O) groups excluding carboxylic acids is 1. The summed E-state index contributed by atoms with van der Waals surface area (Å²) in [6, 6.07) is 7.05. The van der Waals surface area contributed by atoms with Crippen LogP contribution in [0, 0.1) is 11.6 Å². The lowest BCUT2D eigenvalue weighted by molar-refractivity contribution is -0.116. The van der Waals surface area contributed by atoms with Crippen LogP contribution in [0.1, 0.15) is 0 Å². The van der Waals surface area contributed by atoms with Gasteiger partial charge in [-0.25, -0.2) is 17.2 Å². The molecule has 2 aromatic carbocycles. The molecule has 2 rings (SSSR count). The molecule has 0 unspecified atom stereocenters. The zero-order valence-electron chi connectivity index (χ0n) is 13.8. The zero-order chi connectivity index (χ0) is 19.5. The molecule has 1 amide bonds. The summed E-state index contributed by atoms with van der Waals surface area (Å²) in [4.78, 5) is 11.6. The molecule has 0 fully saturated rings. The van der Waals surface area contributed by atoms with Gasteiger partial charge in [-0.2, -0.15) is 4.31 Å². The van der Waals surface area contributed by atoms with Crippen molar-refractivity contribution in [3.05, 3.63) is 52.5 Å². The Morgan fingerprint density at radius 2 is 1.92 bits per heavy atom. The quantitative estimate of drug-likeness (QED) is 0.736. The number of likely N-dealkylation sites (N-methyl/N-ethyl adjacent to an activating group) is 1. The van der Waals surface area contributed by atoms with Gasteiger partial charge in [0.15, 0.2) is 0 Å². The number of hydrogen-bond acceptors (Lipinski definition) is 4. The summed E-state index contributed by atoms with van der Waals surface area (Å²) in [5.41, 5.74) is -0.0904.